The third-order valence-corrected chi connectivity index (χ3v) is 5.48. The minimum Gasteiger partial charge on any atom is -0.362 e. The van der Waals surface area contributed by atoms with Gasteiger partial charge in [-0.2, -0.15) is 0 Å². The van der Waals surface area contributed by atoms with Crippen molar-refractivity contribution in [2.75, 3.05) is 18.8 Å². The van der Waals surface area contributed by atoms with E-state index < -0.39 is 0 Å². The average molecular weight is 399 g/mol. The zero-order valence-corrected chi connectivity index (χ0v) is 16.8. The van der Waals surface area contributed by atoms with Gasteiger partial charge in [0, 0.05) is 23.7 Å². The van der Waals surface area contributed by atoms with Crippen LogP contribution in [0.2, 0.25) is 0 Å². The van der Waals surface area contributed by atoms with Crippen molar-refractivity contribution in [3.63, 3.8) is 0 Å². The quantitative estimate of drug-likeness (QED) is 0.361. The summed E-state index contributed by atoms with van der Waals surface area (Å²) < 4.78 is 0. The summed E-state index contributed by atoms with van der Waals surface area (Å²) in [5, 5.41) is 4.56. The number of aromatic nitrogens is 2. The summed E-state index contributed by atoms with van der Waals surface area (Å²) in [6.07, 6.45) is 0. The zero-order chi connectivity index (χ0) is 19.1. The van der Waals surface area contributed by atoms with Crippen LogP contribution in [0.15, 0.2) is 64.3 Å². The molecule has 27 heavy (non-hydrogen) atoms. The fourth-order valence-corrected chi connectivity index (χ4v) is 3.76. The number of aromatic amines is 1. The minimum atomic E-state index is -0.121. The predicted molar refractivity (Wildman–Crippen MR) is 116 cm³/mol. The lowest BCUT2D eigenvalue weighted by Gasteiger charge is -2.23. The summed E-state index contributed by atoms with van der Waals surface area (Å²) in [5.74, 6) is 1.54. The van der Waals surface area contributed by atoms with Gasteiger partial charge in [0.05, 0.1) is 17.4 Å². The first-order valence-electron chi connectivity index (χ1n) is 8.86. The highest BCUT2D eigenvalue weighted by atomic mass is 32.2. The van der Waals surface area contributed by atoms with Crippen LogP contribution in [-0.2, 0) is 6.54 Å². The Labute approximate surface area is 168 Å². The molecule has 0 spiro atoms. The maximum Gasteiger partial charge on any atom is 0.258 e. The molecule has 0 saturated carbocycles. The first-order valence-corrected chi connectivity index (χ1v) is 10.3. The number of thiocarbonyl (C=S) groups is 1. The third kappa shape index (κ3) is 5.30. The Kier molecular flexibility index (Phi) is 6.84. The SMILES string of the molecule is CCN(Cc1nc2ccccc2c(=O)[nH]1)C(=S)NCCSc1ccccc1. The Morgan fingerprint density at radius 3 is 2.70 bits per heavy atom. The molecule has 0 aliphatic carbocycles. The molecule has 0 amide bonds. The van der Waals surface area contributed by atoms with Crippen molar-refractivity contribution in [2.45, 2.75) is 18.4 Å². The lowest BCUT2D eigenvalue weighted by molar-refractivity contribution is 0.416. The summed E-state index contributed by atoms with van der Waals surface area (Å²) in [6, 6.07) is 17.6. The molecule has 7 heteroatoms. The van der Waals surface area contributed by atoms with E-state index in [0.717, 1.165) is 18.8 Å². The highest BCUT2D eigenvalue weighted by molar-refractivity contribution is 7.99. The average Bonchev–Trinajstić information content (AvgIpc) is 2.70. The fourth-order valence-electron chi connectivity index (χ4n) is 2.67. The number of para-hydroxylation sites is 1. The topological polar surface area (TPSA) is 61.0 Å². The van der Waals surface area contributed by atoms with Gasteiger partial charge in [0.2, 0.25) is 0 Å². The number of nitrogens with one attached hydrogen (secondary N) is 2. The van der Waals surface area contributed by atoms with E-state index in [0.29, 0.717) is 28.4 Å². The van der Waals surface area contributed by atoms with Crippen LogP contribution >= 0.6 is 24.0 Å². The van der Waals surface area contributed by atoms with E-state index in [4.69, 9.17) is 12.2 Å². The van der Waals surface area contributed by atoms with Crippen molar-refractivity contribution < 1.29 is 0 Å². The van der Waals surface area contributed by atoms with Crippen LogP contribution in [0.4, 0.5) is 0 Å². The number of fused-ring (bicyclic) bond motifs is 1. The maximum absolute atomic E-state index is 12.2. The number of nitrogens with zero attached hydrogens (tertiary/aromatic N) is 2. The van der Waals surface area contributed by atoms with Gasteiger partial charge in [-0.1, -0.05) is 30.3 Å². The van der Waals surface area contributed by atoms with Gasteiger partial charge < -0.3 is 15.2 Å². The summed E-state index contributed by atoms with van der Waals surface area (Å²) in [6.45, 7) is 4.00. The van der Waals surface area contributed by atoms with Crippen LogP contribution in [0.3, 0.4) is 0 Å². The van der Waals surface area contributed by atoms with E-state index in [1.807, 2.05) is 48.2 Å². The first-order chi connectivity index (χ1) is 13.2. The van der Waals surface area contributed by atoms with Gasteiger partial charge in [0.15, 0.2) is 5.11 Å². The monoisotopic (exact) mass is 398 g/mol. The smallest absolute Gasteiger partial charge is 0.258 e. The summed E-state index contributed by atoms with van der Waals surface area (Å²) in [4.78, 5) is 22.9. The number of rotatable bonds is 7. The normalized spacial score (nSPS) is 10.7. The Morgan fingerprint density at radius 2 is 1.93 bits per heavy atom. The second-order valence-corrected chi connectivity index (χ2v) is 7.49. The van der Waals surface area contributed by atoms with Crippen LogP contribution in [0.25, 0.3) is 10.9 Å². The van der Waals surface area contributed by atoms with E-state index >= 15 is 0 Å². The van der Waals surface area contributed by atoms with Gasteiger partial charge in [0.25, 0.3) is 5.56 Å². The second-order valence-electron chi connectivity index (χ2n) is 5.94. The Bertz CT molecular complexity index is 959. The molecule has 2 N–H and O–H groups in total. The van der Waals surface area contributed by atoms with Gasteiger partial charge >= 0.3 is 0 Å². The summed E-state index contributed by atoms with van der Waals surface area (Å²) >= 11 is 7.31. The second kappa shape index (κ2) is 9.53. The molecule has 0 fully saturated rings. The van der Waals surface area contributed by atoms with Crippen molar-refractivity contribution in [3.8, 4) is 0 Å². The van der Waals surface area contributed by atoms with Crippen LogP contribution < -0.4 is 10.9 Å². The molecule has 0 radical (unpaired) electrons. The molecule has 0 saturated heterocycles. The Morgan fingerprint density at radius 1 is 1.19 bits per heavy atom. The summed E-state index contributed by atoms with van der Waals surface area (Å²) in [5.41, 5.74) is 0.579. The molecule has 0 atom stereocenters. The van der Waals surface area contributed by atoms with E-state index in [9.17, 15) is 4.79 Å². The van der Waals surface area contributed by atoms with E-state index in [1.165, 1.54) is 4.90 Å². The molecule has 0 aliphatic rings. The number of H-pyrrole nitrogens is 1. The van der Waals surface area contributed by atoms with E-state index in [2.05, 4.69) is 27.4 Å². The maximum atomic E-state index is 12.2. The van der Waals surface area contributed by atoms with Crippen molar-refractivity contribution in [2.24, 2.45) is 0 Å². The number of hydrogen-bond acceptors (Lipinski definition) is 4. The van der Waals surface area contributed by atoms with E-state index in [1.54, 1.807) is 17.8 Å². The van der Waals surface area contributed by atoms with Crippen molar-refractivity contribution in [3.05, 3.63) is 70.8 Å². The Balaban J connectivity index is 1.56. The molecule has 1 aromatic heterocycles. The first kappa shape index (κ1) is 19.4. The molecule has 0 bridgehead atoms. The molecule has 2 aromatic carbocycles. The molecular weight excluding hydrogens is 376 g/mol. The van der Waals surface area contributed by atoms with Crippen LogP contribution in [0.5, 0.6) is 0 Å². The number of thioether (sulfide) groups is 1. The fraction of sp³-hybridized carbons (Fsp3) is 0.250. The highest BCUT2D eigenvalue weighted by Crippen LogP contribution is 2.15. The van der Waals surface area contributed by atoms with Gasteiger partial charge in [-0.25, -0.2) is 4.98 Å². The van der Waals surface area contributed by atoms with Gasteiger partial charge in [-0.15, -0.1) is 11.8 Å². The van der Waals surface area contributed by atoms with Gasteiger partial charge in [-0.05, 0) is 43.4 Å². The highest BCUT2D eigenvalue weighted by Gasteiger charge is 2.11. The van der Waals surface area contributed by atoms with Gasteiger partial charge in [0.1, 0.15) is 5.82 Å². The van der Waals surface area contributed by atoms with Crippen LogP contribution in [0.1, 0.15) is 12.7 Å². The number of benzene rings is 2. The Hall–Kier alpha value is -2.38. The molecule has 0 unspecified atom stereocenters. The molecule has 5 nitrogen and oxygen atoms in total. The molecular formula is C20H22N4OS2. The molecule has 0 aliphatic heterocycles. The van der Waals surface area contributed by atoms with E-state index in [-0.39, 0.29) is 5.56 Å². The van der Waals surface area contributed by atoms with Crippen molar-refractivity contribution >= 4 is 40.0 Å². The largest absolute Gasteiger partial charge is 0.362 e. The molecule has 140 valence electrons. The van der Waals surface area contributed by atoms with Crippen LogP contribution in [-0.4, -0.2) is 38.8 Å². The molecule has 3 rings (SSSR count). The molecule has 1 heterocycles. The predicted octanol–water partition coefficient (Wildman–Crippen LogP) is 3.41. The standard InChI is InChI=1S/C20H22N4OS2/c1-2-24(20(26)21-12-13-27-15-8-4-3-5-9-15)14-18-22-17-11-7-6-10-16(17)19(25)23-18/h3-11H,2,12-14H2,1H3,(H,21,26)(H,22,23,25). The minimum absolute atomic E-state index is 0.121. The van der Waals surface area contributed by atoms with Crippen LogP contribution in [0, 0.1) is 0 Å². The molecule has 3 aromatic rings. The zero-order valence-electron chi connectivity index (χ0n) is 15.1. The lowest BCUT2D eigenvalue weighted by Crippen LogP contribution is -2.40. The van der Waals surface area contributed by atoms with Gasteiger partial charge in [-0.3, -0.25) is 4.79 Å². The summed E-state index contributed by atoms with van der Waals surface area (Å²) in [7, 11) is 0. The van der Waals surface area contributed by atoms with Crippen molar-refractivity contribution in [1.29, 1.82) is 0 Å². The number of hydrogen-bond donors (Lipinski definition) is 2. The lowest BCUT2D eigenvalue weighted by atomic mass is 10.2. The third-order valence-electron chi connectivity index (χ3n) is 4.06. The van der Waals surface area contributed by atoms with Crippen molar-refractivity contribution in [1.82, 2.24) is 20.2 Å².